The SMILES string of the molecule is Cc1ccn([C@H](C)C2CCCC2C)n1. The molecule has 1 aromatic rings. The fourth-order valence-electron chi connectivity index (χ4n) is 2.75. The molecule has 1 saturated carbocycles. The number of hydrogen-bond donors (Lipinski definition) is 0. The molecule has 0 aliphatic heterocycles. The van der Waals surface area contributed by atoms with Gasteiger partial charge in [0.1, 0.15) is 0 Å². The predicted octanol–water partition coefficient (Wildman–Crippen LogP) is 3.19. The van der Waals surface area contributed by atoms with E-state index in [1.54, 1.807) is 0 Å². The molecule has 0 saturated heterocycles. The normalized spacial score (nSPS) is 29.4. The van der Waals surface area contributed by atoms with E-state index in [0.29, 0.717) is 6.04 Å². The van der Waals surface area contributed by atoms with Gasteiger partial charge in [0.25, 0.3) is 0 Å². The van der Waals surface area contributed by atoms with Gasteiger partial charge in [-0.3, -0.25) is 4.68 Å². The first-order chi connectivity index (χ1) is 6.68. The van der Waals surface area contributed by atoms with E-state index in [4.69, 9.17) is 0 Å². The number of aromatic nitrogens is 2. The van der Waals surface area contributed by atoms with Gasteiger partial charge in [0.15, 0.2) is 0 Å². The number of hydrogen-bond acceptors (Lipinski definition) is 1. The quantitative estimate of drug-likeness (QED) is 0.703. The lowest BCUT2D eigenvalue weighted by Crippen LogP contribution is -2.19. The summed E-state index contributed by atoms with van der Waals surface area (Å²) in [6.45, 7) is 6.74. The Labute approximate surface area is 86.3 Å². The lowest BCUT2D eigenvalue weighted by atomic mass is 9.91. The zero-order valence-corrected chi connectivity index (χ0v) is 9.40. The molecule has 1 aliphatic rings. The Morgan fingerprint density at radius 2 is 2.29 bits per heavy atom. The molecule has 0 bridgehead atoms. The summed E-state index contributed by atoms with van der Waals surface area (Å²) >= 11 is 0. The van der Waals surface area contributed by atoms with Gasteiger partial charge in [-0.1, -0.05) is 19.8 Å². The minimum Gasteiger partial charge on any atom is -0.269 e. The van der Waals surface area contributed by atoms with Crippen molar-refractivity contribution in [2.75, 3.05) is 0 Å². The Kier molecular flexibility index (Phi) is 2.62. The van der Waals surface area contributed by atoms with Crippen LogP contribution < -0.4 is 0 Å². The highest BCUT2D eigenvalue weighted by molar-refractivity contribution is 4.97. The molecule has 0 N–H and O–H groups in total. The van der Waals surface area contributed by atoms with E-state index in [1.165, 1.54) is 19.3 Å². The zero-order chi connectivity index (χ0) is 10.1. The summed E-state index contributed by atoms with van der Waals surface area (Å²) in [4.78, 5) is 0. The van der Waals surface area contributed by atoms with E-state index in [-0.39, 0.29) is 0 Å². The van der Waals surface area contributed by atoms with E-state index in [2.05, 4.69) is 42.8 Å². The predicted molar refractivity (Wildman–Crippen MR) is 58.2 cm³/mol. The Hall–Kier alpha value is -0.790. The van der Waals surface area contributed by atoms with Crippen LogP contribution in [-0.2, 0) is 0 Å². The summed E-state index contributed by atoms with van der Waals surface area (Å²) in [5.74, 6) is 1.70. The van der Waals surface area contributed by atoms with Crippen molar-refractivity contribution in [2.24, 2.45) is 11.8 Å². The van der Waals surface area contributed by atoms with Crippen molar-refractivity contribution >= 4 is 0 Å². The highest BCUT2D eigenvalue weighted by atomic mass is 15.3. The van der Waals surface area contributed by atoms with Crippen LogP contribution in [0, 0.1) is 18.8 Å². The zero-order valence-electron chi connectivity index (χ0n) is 9.40. The van der Waals surface area contributed by atoms with Gasteiger partial charge in [0.05, 0.1) is 11.7 Å². The van der Waals surface area contributed by atoms with Gasteiger partial charge < -0.3 is 0 Å². The Bertz CT molecular complexity index is 303. The summed E-state index contributed by atoms with van der Waals surface area (Å²) in [5.41, 5.74) is 1.13. The van der Waals surface area contributed by atoms with Crippen molar-refractivity contribution in [3.63, 3.8) is 0 Å². The van der Waals surface area contributed by atoms with Gasteiger partial charge in [-0.15, -0.1) is 0 Å². The van der Waals surface area contributed by atoms with Crippen LogP contribution in [0.4, 0.5) is 0 Å². The first-order valence-electron chi connectivity index (χ1n) is 5.70. The molecule has 0 spiro atoms. The second-order valence-electron chi connectivity index (χ2n) is 4.75. The molecule has 1 fully saturated rings. The molecule has 0 radical (unpaired) electrons. The second-order valence-corrected chi connectivity index (χ2v) is 4.75. The standard InChI is InChI=1S/C12H20N2/c1-9-5-4-6-12(9)11(3)14-8-7-10(2)13-14/h7-9,11-12H,4-6H2,1-3H3/t9?,11-,12?/m1/s1. The second kappa shape index (κ2) is 3.76. The van der Waals surface area contributed by atoms with Gasteiger partial charge in [0.2, 0.25) is 0 Å². The molecular weight excluding hydrogens is 172 g/mol. The van der Waals surface area contributed by atoms with Crippen LogP contribution in [0.5, 0.6) is 0 Å². The molecule has 78 valence electrons. The number of nitrogens with zero attached hydrogens (tertiary/aromatic N) is 2. The minimum absolute atomic E-state index is 0.571. The molecule has 2 rings (SSSR count). The fraction of sp³-hybridized carbons (Fsp3) is 0.750. The van der Waals surface area contributed by atoms with Crippen LogP contribution in [0.25, 0.3) is 0 Å². The van der Waals surface area contributed by atoms with Crippen LogP contribution in [-0.4, -0.2) is 9.78 Å². The molecule has 0 amide bonds. The molecule has 0 aromatic carbocycles. The third kappa shape index (κ3) is 1.70. The summed E-state index contributed by atoms with van der Waals surface area (Å²) in [6, 6.07) is 2.66. The van der Waals surface area contributed by atoms with Gasteiger partial charge in [-0.2, -0.15) is 5.10 Å². The molecule has 14 heavy (non-hydrogen) atoms. The third-order valence-corrected chi connectivity index (χ3v) is 3.71. The van der Waals surface area contributed by atoms with Crippen molar-refractivity contribution < 1.29 is 0 Å². The minimum atomic E-state index is 0.571. The highest BCUT2D eigenvalue weighted by Crippen LogP contribution is 2.38. The topological polar surface area (TPSA) is 17.8 Å². The van der Waals surface area contributed by atoms with E-state index < -0.39 is 0 Å². The Balaban J connectivity index is 2.11. The maximum Gasteiger partial charge on any atom is 0.0593 e. The first-order valence-corrected chi connectivity index (χ1v) is 5.70. The van der Waals surface area contributed by atoms with Crippen LogP contribution >= 0.6 is 0 Å². The van der Waals surface area contributed by atoms with Gasteiger partial charge in [-0.05, 0) is 38.2 Å². The average Bonchev–Trinajstić information content (AvgIpc) is 2.73. The Morgan fingerprint density at radius 3 is 2.79 bits per heavy atom. The molecule has 2 unspecified atom stereocenters. The van der Waals surface area contributed by atoms with Crippen LogP contribution in [0.1, 0.15) is 44.8 Å². The van der Waals surface area contributed by atoms with Crippen molar-refractivity contribution in [1.29, 1.82) is 0 Å². The fourth-order valence-corrected chi connectivity index (χ4v) is 2.75. The molecule has 2 heteroatoms. The van der Waals surface area contributed by atoms with Crippen LogP contribution in [0.3, 0.4) is 0 Å². The number of rotatable bonds is 2. The molecule has 3 atom stereocenters. The third-order valence-electron chi connectivity index (χ3n) is 3.71. The van der Waals surface area contributed by atoms with Crippen molar-refractivity contribution in [1.82, 2.24) is 9.78 Å². The smallest absolute Gasteiger partial charge is 0.0593 e. The van der Waals surface area contributed by atoms with Crippen molar-refractivity contribution in [2.45, 2.75) is 46.1 Å². The summed E-state index contributed by atoms with van der Waals surface area (Å²) in [7, 11) is 0. The molecule has 1 heterocycles. The maximum absolute atomic E-state index is 4.51. The van der Waals surface area contributed by atoms with E-state index in [1.807, 2.05) is 0 Å². The van der Waals surface area contributed by atoms with Gasteiger partial charge in [0, 0.05) is 6.20 Å². The average molecular weight is 192 g/mol. The molecule has 1 aliphatic carbocycles. The molecule has 2 nitrogen and oxygen atoms in total. The number of aryl methyl sites for hydroxylation is 1. The summed E-state index contributed by atoms with van der Waals surface area (Å²) < 4.78 is 2.14. The summed E-state index contributed by atoms with van der Waals surface area (Å²) in [6.07, 6.45) is 6.29. The van der Waals surface area contributed by atoms with Crippen LogP contribution in [0.2, 0.25) is 0 Å². The molecule has 1 aromatic heterocycles. The monoisotopic (exact) mass is 192 g/mol. The lowest BCUT2D eigenvalue weighted by Gasteiger charge is -2.23. The Morgan fingerprint density at radius 1 is 1.50 bits per heavy atom. The molecular formula is C12H20N2. The van der Waals surface area contributed by atoms with E-state index in [9.17, 15) is 0 Å². The largest absolute Gasteiger partial charge is 0.269 e. The lowest BCUT2D eigenvalue weighted by molar-refractivity contribution is 0.275. The van der Waals surface area contributed by atoms with Crippen LogP contribution in [0.15, 0.2) is 12.3 Å². The highest BCUT2D eigenvalue weighted by Gasteiger charge is 2.29. The van der Waals surface area contributed by atoms with Crippen molar-refractivity contribution in [3.8, 4) is 0 Å². The van der Waals surface area contributed by atoms with Gasteiger partial charge >= 0.3 is 0 Å². The van der Waals surface area contributed by atoms with Gasteiger partial charge in [-0.25, -0.2) is 0 Å². The van der Waals surface area contributed by atoms with Crippen molar-refractivity contribution in [3.05, 3.63) is 18.0 Å². The van der Waals surface area contributed by atoms with E-state index >= 15 is 0 Å². The summed E-state index contributed by atoms with van der Waals surface area (Å²) in [5, 5.41) is 4.51. The van der Waals surface area contributed by atoms with E-state index in [0.717, 1.165) is 17.5 Å². The maximum atomic E-state index is 4.51. The first kappa shape index (κ1) is 9.75.